The summed E-state index contributed by atoms with van der Waals surface area (Å²) in [6, 6.07) is 14.2. The number of nitrogens with two attached hydrogens (primary N) is 1. The number of hydrogen-bond donors (Lipinski definition) is 2. The molecule has 0 unspecified atom stereocenters. The standard InChI is InChI=1S/C17H19N3O2/c1-12(2)22-16-8-6-13(7-9-16)11-19-20-17(21)14-4-3-5-15(18)10-14/h3-12H,18H2,1-2H3,(H,20,21)/b19-11-. The minimum atomic E-state index is -0.302. The van der Waals surface area contributed by atoms with Crippen LogP contribution in [0.25, 0.3) is 0 Å². The third-order valence-corrected chi connectivity index (χ3v) is 2.78. The highest BCUT2D eigenvalue weighted by Crippen LogP contribution is 2.12. The molecule has 22 heavy (non-hydrogen) atoms. The van der Waals surface area contributed by atoms with Crippen molar-refractivity contribution in [3.05, 3.63) is 59.7 Å². The number of carbonyl (C=O) groups excluding carboxylic acids is 1. The molecule has 0 fully saturated rings. The molecule has 5 heteroatoms. The van der Waals surface area contributed by atoms with Crippen molar-refractivity contribution in [2.75, 3.05) is 5.73 Å². The molecule has 0 aliphatic heterocycles. The summed E-state index contributed by atoms with van der Waals surface area (Å²) in [4.78, 5) is 11.9. The van der Waals surface area contributed by atoms with Crippen molar-refractivity contribution in [3.63, 3.8) is 0 Å². The van der Waals surface area contributed by atoms with Gasteiger partial charge in [-0.2, -0.15) is 5.10 Å². The fraction of sp³-hybridized carbons (Fsp3) is 0.176. The first-order valence-corrected chi connectivity index (χ1v) is 7.00. The number of benzene rings is 2. The Morgan fingerprint density at radius 3 is 2.59 bits per heavy atom. The number of hydrogen-bond acceptors (Lipinski definition) is 4. The summed E-state index contributed by atoms with van der Waals surface area (Å²) in [6.07, 6.45) is 1.71. The van der Waals surface area contributed by atoms with Gasteiger partial charge in [0.05, 0.1) is 12.3 Å². The van der Waals surface area contributed by atoms with Crippen LogP contribution in [0.4, 0.5) is 5.69 Å². The van der Waals surface area contributed by atoms with Gasteiger partial charge in [-0.15, -0.1) is 0 Å². The number of hydrazone groups is 1. The number of carbonyl (C=O) groups is 1. The van der Waals surface area contributed by atoms with Gasteiger partial charge in [0.25, 0.3) is 5.91 Å². The zero-order chi connectivity index (χ0) is 15.9. The van der Waals surface area contributed by atoms with Crippen LogP contribution < -0.4 is 15.9 Å². The molecule has 0 radical (unpaired) electrons. The largest absolute Gasteiger partial charge is 0.491 e. The second-order valence-electron chi connectivity index (χ2n) is 5.06. The lowest BCUT2D eigenvalue weighted by atomic mass is 10.2. The first-order chi connectivity index (χ1) is 10.5. The molecule has 0 heterocycles. The lowest BCUT2D eigenvalue weighted by Crippen LogP contribution is -2.17. The summed E-state index contributed by atoms with van der Waals surface area (Å²) in [5.41, 5.74) is 9.97. The van der Waals surface area contributed by atoms with Gasteiger partial charge in [0.15, 0.2) is 0 Å². The van der Waals surface area contributed by atoms with Crippen LogP contribution in [0.3, 0.4) is 0 Å². The van der Waals surface area contributed by atoms with Crippen LogP contribution in [-0.2, 0) is 0 Å². The molecule has 0 saturated carbocycles. The Labute approximate surface area is 129 Å². The minimum absolute atomic E-state index is 0.136. The molecule has 0 bridgehead atoms. The topological polar surface area (TPSA) is 76.7 Å². The van der Waals surface area contributed by atoms with Crippen LogP contribution in [0.5, 0.6) is 5.75 Å². The third kappa shape index (κ3) is 4.63. The molecule has 0 spiro atoms. The first-order valence-electron chi connectivity index (χ1n) is 7.00. The van der Waals surface area contributed by atoms with Gasteiger partial charge in [0, 0.05) is 11.3 Å². The van der Waals surface area contributed by atoms with Gasteiger partial charge in [-0.3, -0.25) is 4.79 Å². The van der Waals surface area contributed by atoms with Gasteiger partial charge in [-0.25, -0.2) is 5.43 Å². The summed E-state index contributed by atoms with van der Waals surface area (Å²) in [5, 5.41) is 3.93. The smallest absolute Gasteiger partial charge is 0.271 e. The van der Waals surface area contributed by atoms with Crippen molar-refractivity contribution in [1.29, 1.82) is 0 Å². The van der Waals surface area contributed by atoms with Crippen LogP contribution in [0.1, 0.15) is 29.8 Å². The van der Waals surface area contributed by atoms with E-state index in [1.807, 2.05) is 38.1 Å². The predicted molar refractivity (Wildman–Crippen MR) is 88.1 cm³/mol. The SMILES string of the molecule is CC(C)Oc1ccc(/C=N\NC(=O)c2cccc(N)c2)cc1. The molecule has 2 aromatic rings. The lowest BCUT2D eigenvalue weighted by Gasteiger charge is -2.09. The number of anilines is 1. The summed E-state index contributed by atoms with van der Waals surface area (Å²) < 4.78 is 5.55. The molecule has 3 N–H and O–H groups in total. The molecule has 5 nitrogen and oxygen atoms in total. The van der Waals surface area contributed by atoms with Crippen molar-refractivity contribution in [3.8, 4) is 5.75 Å². The van der Waals surface area contributed by atoms with E-state index in [1.165, 1.54) is 0 Å². The Morgan fingerprint density at radius 2 is 1.95 bits per heavy atom. The molecule has 0 atom stereocenters. The highest BCUT2D eigenvalue weighted by molar-refractivity contribution is 5.95. The fourth-order valence-corrected chi connectivity index (χ4v) is 1.81. The van der Waals surface area contributed by atoms with Crippen LogP contribution in [0, 0.1) is 0 Å². The maximum absolute atomic E-state index is 11.9. The van der Waals surface area contributed by atoms with E-state index in [1.54, 1.807) is 30.5 Å². The number of nitrogens with zero attached hydrogens (tertiary/aromatic N) is 1. The quantitative estimate of drug-likeness (QED) is 0.506. The van der Waals surface area contributed by atoms with Crippen molar-refractivity contribution < 1.29 is 9.53 Å². The van der Waals surface area contributed by atoms with Crippen LogP contribution >= 0.6 is 0 Å². The maximum Gasteiger partial charge on any atom is 0.271 e. The van der Waals surface area contributed by atoms with Gasteiger partial charge in [-0.1, -0.05) is 6.07 Å². The summed E-state index contributed by atoms with van der Waals surface area (Å²) in [5.74, 6) is 0.499. The van der Waals surface area contributed by atoms with Gasteiger partial charge in [-0.05, 0) is 61.9 Å². The predicted octanol–water partition coefficient (Wildman–Crippen LogP) is 2.82. The van der Waals surface area contributed by atoms with E-state index >= 15 is 0 Å². The maximum atomic E-state index is 11.9. The van der Waals surface area contributed by atoms with Crippen LogP contribution in [0.15, 0.2) is 53.6 Å². The Kier molecular flexibility index (Phi) is 5.14. The van der Waals surface area contributed by atoms with Gasteiger partial charge >= 0.3 is 0 Å². The Hall–Kier alpha value is -2.82. The number of amides is 1. The normalized spacial score (nSPS) is 10.9. The van der Waals surface area contributed by atoms with E-state index < -0.39 is 0 Å². The van der Waals surface area contributed by atoms with E-state index in [-0.39, 0.29) is 12.0 Å². The van der Waals surface area contributed by atoms with E-state index in [0.29, 0.717) is 11.3 Å². The second-order valence-corrected chi connectivity index (χ2v) is 5.06. The lowest BCUT2D eigenvalue weighted by molar-refractivity contribution is 0.0955. The molecule has 2 rings (SSSR count). The number of nitrogen functional groups attached to an aromatic ring is 1. The Balaban J connectivity index is 1.93. The third-order valence-electron chi connectivity index (χ3n) is 2.78. The molecular formula is C17H19N3O2. The molecule has 1 amide bonds. The average molecular weight is 297 g/mol. The summed E-state index contributed by atoms with van der Waals surface area (Å²) in [6.45, 7) is 3.95. The van der Waals surface area contributed by atoms with Crippen molar-refractivity contribution >= 4 is 17.8 Å². The van der Waals surface area contributed by atoms with Gasteiger partial charge in [0.2, 0.25) is 0 Å². The fourth-order valence-electron chi connectivity index (χ4n) is 1.81. The number of nitrogens with one attached hydrogen (secondary N) is 1. The molecule has 114 valence electrons. The molecule has 0 aromatic heterocycles. The zero-order valence-electron chi connectivity index (χ0n) is 12.6. The van der Waals surface area contributed by atoms with Crippen LogP contribution in [0.2, 0.25) is 0 Å². The van der Waals surface area contributed by atoms with Gasteiger partial charge in [0.1, 0.15) is 5.75 Å². The number of rotatable bonds is 5. The first kappa shape index (κ1) is 15.6. The highest BCUT2D eigenvalue weighted by Gasteiger charge is 2.03. The molecular weight excluding hydrogens is 278 g/mol. The van der Waals surface area contributed by atoms with Crippen LogP contribution in [-0.4, -0.2) is 18.2 Å². The molecule has 2 aromatic carbocycles. The molecule has 0 aliphatic rings. The van der Waals surface area contributed by atoms with E-state index in [4.69, 9.17) is 10.5 Å². The minimum Gasteiger partial charge on any atom is -0.491 e. The monoisotopic (exact) mass is 297 g/mol. The Bertz CT molecular complexity index is 664. The molecule has 0 aliphatic carbocycles. The van der Waals surface area contributed by atoms with Crippen molar-refractivity contribution in [2.24, 2.45) is 5.10 Å². The average Bonchev–Trinajstić information content (AvgIpc) is 2.48. The Morgan fingerprint density at radius 1 is 1.23 bits per heavy atom. The zero-order valence-corrected chi connectivity index (χ0v) is 12.6. The summed E-state index contributed by atoms with van der Waals surface area (Å²) in [7, 11) is 0. The van der Waals surface area contributed by atoms with E-state index in [9.17, 15) is 4.79 Å². The summed E-state index contributed by atoms with van der Waals surface area (Å²) >= 11 is 0. The van der Waals surface area contributed by atoms with E-state index in [0.717, 1.165) is 11.3 Å². The van der Waals surface area contributed by atoms with Gasteiger partial charge < -0.3 is 10.5 Å². The van der Waals surface area contributed by atoms with Crippen molar-refractivity contribution in [2.45, 2.75) is 20.0 Å². The van der Waals surface area contributed by atoms with Crippen molar-refractivity contribution in [1.82, 2.24) is 5.43 Å². The number of ether oxygens (including phenoxy) is 1. The highest BCUT2D eigenvalue weighted by atomic mass is 16.5. The second kappa shape index (κ2) is 7.26. The van der Waals surface area contributed by atoms with E-state index in [2.05, 4.69) is 10.5 Å². The molecule has 0 saturated heterocycles.